The van der Waals surface area contributed by atoms with Crippen molar-refractivity contribution in [1.82, 2.24) is 20.2 Å². The minimum atomic E-state index is -0.434. The molecule has 1 amide bonds. The topological polar surface area (TPSA) is 59.0 Å². The van der Waals surface area contributed by atoms with E-state index in [2.05, 4.69) is 51.4 Å². The molecule has 2 rings (SSSR count). The third kappa shape index (κ3) is 3.99. The van der Waals surface area contributed by atoms with Gasteiger partial charge < -0.3 is 15.2 Å². The van der Waals surface area contributed by atoms with Gasteiger partial charge in [0.1, 0.15) is 5.82 Å². The van der Waals surface area contributed by atoms with Gasteiger partial charge in [0.2, 0.25) is 5.91 Å². The maximum Gasteiger partial charge on any atom is 0.226 e. The molecule has 0 unspecified atom stereocenters. The van der Waals surface area contributed by atoms with Gasteiger partial charge >= 0.3 is 0 Å². The number of hydrogen-bond acceptors (Lipinski definition) is 3. The number of imidazole rings is 1. The summed E-state index contributed by atoms with van der Waals surface area (Å²) in [6.45, 7) is 8.60. The molecule has 0 radical (unpaired) electrons. The Morgan fingerprint density at radius 3 is 2.48 bits per heavy atom. The number of rotatable bonds is 6. The molecule has 0 saturated carbocycles. The number of amides is 1. The average molecular weight is 314 g/mol. The van der Waals surface area contributed by atoms with Crippen molar-refractivity contribution in [3.63, 3.8) is 0 Å². The van der Waals surface area contributed by atoms with Crippen molar-refractivity contribution in [2.24, 2.45) is 5.41 Å². The maximum atomic E-state index is 11.8. The van der Waals surface area contributed by atoms with Crippen molar-refractivity contribution in [1.29, 1.82) is 0 Å². The summed E-state index contributed by atoms with van der Waals surface area (Å²) in [5.41, 5.74) is 1.86. The second kappa shape index (κ2) is 6.96. The van der Waals surface area contributed by atoms with E-state index in [0.717, 1.165) is 11.5 Å². The van der Waals surface area contributed by atoms with Crippen molar-refractivity contribution in [2.45, 2.75) is 33.7 Å². The minimum Gasteiger partial charge on any atom is -0.359 e. The van der Waals surface area contributed by atoms with Gasteiger partial charge in [-0.1, -0.05) is 12.1 Å². The van der Waals surface area contributed by atoms with Crippen LogP contribution in [0.2, 0.25) is 0 Å². The first-order chi connectivity index (χ1) is 10.8. The number of carbonyl (C=O) groups excluding carboxylic acids is 1. The molecule has 2 N–H and O–H groups in total. The van der Waals surface area contributed by atoms with E-state index in [1.807, 2.05) is 27.0 Å². The van der Waals surface area contributed by atoms with Gasteiger partial charge in [0, 0.05) is 37.7 Å². The smallest absolute Gasteiger partial charge is 0.226 e. The SMILES string of the molecule is CNC(=O)C(C)(C)CN[C@H](C)c1ccc(-n2ccnc2C)cc1. The molecule has 124 valence electrons. The number of hydrogen-bond donors (Lipinski definition) is 2. The van der Waals surface area contributed by atoms with Crippen LogP contribution in [-0.4, -0.2) is 29.1 Å². The van der Waals surface area contributed by atoms with E-state index in [9.17, 15) is 4.79 Å². The van der Waals surface area contributed by atoms with Gasteiger partial charge in [-0.15, -0.1) is 0 Å². The van der Waals surface area contributed by atoms with Crippen LogP contribution < -0.4 is 10.6 Å². The predicted octanol–water partition coefficient (Wildman–Crippen LogP) is 2.60. The molecule has 0 fully saturated rings. The van der Waals surface area contributed by atoms with E-state index < -0.39 is 5.41 Å². The highest BCUT2D eigenvalue weighted by molar-refractivity contribution is 5.81. The highest BCUT2D eigenvalue weighted by Crippen LogP contribution is 2.19. The first kappa shape index (κ1) is 17.2. The Kier molecular flexibility index (Phi) is 5.21. The second-order valence-electron chi connectivity index (χ2n) is 6.50. The van der Waals surface area contributed by atoms with Gasteiger partial charge in [-0.3, -0.25) is 4.79 Å². The molecule has 0 aliphatic carbocycles. The monoisotopic (exact) mass is 314 g/mol. The predicted molar refractivity (Wildman–Crippen MR) is 92.6 cm³/mol. The van der Waals surface area contributed by atoms with E-state index in [1.165, 1.54) is 5.56 Å². The standard InChI is InChI=1S/C18H26N4O/c1-13(21-12-18(3,4)17(23)19-5)15-6-8-16(9-7-15)22-11-10-20-14(22)2/h6-11,13,21H,12H2,1-5H3,(H,19,23)/t13-/m1/s1. The normalized spacial score (nSPS) is 12.9. The van der Waals surface area contributed by atoms with Crippen molar-refractivity contribution in [2.75, 3.05) is 13.6 Å². The number of carbonyl (C=O) groups is 1. The molecular formula is C18H26N4O. The van der Waals surface area contributed by atoms with E-state index in [-0.39, 0.29) is 11.9 Å². The lowest BCUT2D eigenvalue weighted by Crippen LogP contribution is -2.42. The Morgan fingerprint density at radius 1 is 1.30 bits per heavy atom. The molecule has 1 aromatic carbocycles. The quantitative estimate of drug-likeness (QED) is 0.861. The maximum absolute atomic E-state index is 11.8. The molecule has 5 heteroatoms. The number of aryl methyl sites for hydroxylation is 1. The van der Waals surface area contributed by atoms with Gasteiger partial charge in [0.15, 0.2) is 0 Å². The van der Waals surface area contributed by atoms with Gasteiger partial charge in [-0.25, -0.2) is 4.98 Å². The molecule has 2 aromatic rings. The molecule has 0 saturated heterocycles. The lowest BCUT2D eigenvalue weighted by Gasteiger charge is -2.25. The van der Waals surface area contributed by atoms with Crippen LogP contribution in [0.15, 0.2) is 36.7 Å². The number of nitrogens with one attached hydrogen (secondary N) is 2. The van der Waals surface area contributed by atoms with Crippen molar-refractivity contribution in [3.8, 4) is 5.69 Å². The molecule has 5 nitrogen and oxygen atoms in total. The Labute approximate surface area is 138 Å². The summed E-state index contributed by atoms with van der Waals surface area (Å²) in [4.78, 5) is 16.1. The highest BCUT2D eigenvalue weighted by atomic mass is 16.2. The van der Waals surface area contributed by atoms with E-state index in [0.29, 0.717) is 6.54 Å². The van der Waals surface area contributed by atoms with Crippen molar-refractivity contribution in [3.05, 3.63) is 48.0 Å². The zero-order valence-electron chi connectivity index (χ0n) is 14.6. The molecule has 23 heavy (non-hydrogen) atoms. The van der Waals surface area contributed by atoms with Crippen LogP contribution in [0.5, 0.6) is 0 Å². The second-order valence-corrected chi connectivity index (χ2v) is 6.50. The third-order valence-electron chi connectivity index (χ3n) is 4.19. The van der Waals surface area contributed by atoms with Crippen LogP contribution in [0.25, 0.3) is 5.69 Å². The first-order valence-electron chi connectivity index (χ1n) is 7.91. The summed E-state index contributed by atoms with van der Waals surface area (Å²) >= 11 is 0. The van der Waals surface area contributed by atoms with Crippen LogP contribution in [-0.2, 0) is 4.79 Å². The van der Waals surface area contributed by atoms with Gasteiger partial charge in [0.05, 0.1) is 5.41 Å². The summed E-state index contributed by atoms with van der Waals surface area (Å²) in [6.07, 6.45) is 3.76. The van der Waals surface area contributed by atoms with Crippen LogP contribution in [0.1, 0.15) is 38.2 Å². The Balaban J connectivity index is 2.02. The summed E-state index contributed by atoms with van der Waals surface area (Å²) in [7, 11) is 1.67. The van der Waals surface area contributed by atoms with E-state index in [1.54, 1.807) is 13.2 Å². The summed E-state index contributed by atoms with van der Waals surface area (Å²) < 4.78 is 2.05. The van der Waals surface area contributed by atoms with E-state index in [4.69, 9.17) is 0 Å². The molecule has 0 bridgehead atoms. The zero-order valence-corrected chi connectivity index (χ0v) is 14.6. The van der Waals surface area contributed by atoms with Crippen molar-refractivity contribution < 1.29 is 4.79 Å². The fourth-order valence-corrected chi connectivity index (χ4v) is 2.52. The Hall–Kier alpha value is -2.14. The van der Waals surface area contributed by atoms with Crippen LogP contribution in [0.4, 0.5) is 0 Å². The first-order valence-corrected chi connectivity index (χ1v) is 7.91. The lowest BCUT2D eigenvalue weighted by molar-refractivity contribution is -0.128. The number of nitrogens with zero attached hydrogens (tertiary/aromatic N) is 2. The van der Waals surface area contributed by atoms with E-state index >= 15 is 0 Å². The number of aromatic nitrogens is 2. The third-order valence-corrected chi connectivity index (χ3v) is 4.19. The molecular weight excluding hydrogens is 288 g/mol. The molecule has 1 aromatic heterocycles. The summed E-state index contributed by atoms with van der Waals surface area (Å²) in [6, 6.07) is 8.58. The molecule has 0 aliphatic heterocycles. The lowest BCUT2D eigenvalue weighted by atomic mass is 9.91. The fraction of sp³-hybridized carbons (Fsp3) is 0.444. The molecule has 0 spiro atoms. The zero-order chi connectivity index (χ0) is 17.0. The Bertz CT molecular complexity index is 658. The van der Waals surface area contributed by atoms with Gasteiger partial charge in [0.25, 0.3) is 0 Å². The summed E-state index contributed by atoms with van der Waals surface area (Å²) in [5.74, 6) is 1.01. The fourth-order valence-electron chi connectivity index (χ4n) is 2.52. The van der Waals surface area contributed by atoms with Crippen molar-refractivity contribution >= 4 is 5.91 Å². The largest absolute Gasteiger partial charge is 0.359 e. The molecule has 0 aliphatic rings. The van der Waals surface area contributed by atoms with Crippen LogP contribution in [0.3, 0.4) is 0 Å². The van der Waals surface area contributed by atoms with Crippen LogP contribution >= 0.6 is 0 Å². The summed E-state index contributed by atoms with van der Waals surface area (Å²) in [5, 5.41) is 6.15. The number of benzene rings is 1. The van der Waals surface area contributed by atoms with Crippen LogP contribution in [0, 0.1) is 12.3 Å². The minimum absolute atomic E-state index is 0.0446. The van der Waals surface area contributed by atoms with Gasteiger partial charge in [-0.05, 0) is 45.4 Å². The average Bonchev–Trinajstić information content (AvgIpc) is 2.98. The Morgan fingerprint density at radius 2 is 1.96 bits per heavy atom. The van der Waals surface area contributed by atoms with Gasteiger partial charge in [-0.2, -0.15) is 0 Å². The highest BCUT2D eigenvalue weighted by Gasteiger charge is 2.26. The molecule has 1 heterocycles. The molecule has 1 atom stereocenters.